The zero-order valence-electron chi connectivity index (χ0n) is 12.4. The lowest BCUT2D eigenvalue weighted by molar-refractivity contribution is -0.126. The van der Waals surface area contributed by atoms with Crippen LogP contribution in [0.2, 0.25) is 5.02 Å². The molecule has 0 radical (unpaired) electrons. The molecule has 5 heteroatoms. The van der Waals surface area contributed by atoms with Crippen LogP contribution in [-0.2, 0) is 9.63 Å². The first-order chi connectivity index (χ1) is 10.5. The lowest BCUT2D eigenvalue weighted by atomic mass is 10.2. The standard InChI is InChI=1S/C17H17ClN2O2/c1-12-4-3-5-16(10-12)20-17(21)13(2)22-19-11-14-6-8-15(18)9-7-14/h3-11,13H,1-2H3,(H,20,21)/b19-11-/t13-/m0/s1. The van der Waals surface area contributed by atoms with E-state index in [1.54, 1.807) is 19.1 Å². The summed E-state index contributed by atoms with van der Waals surface area (Å²) in [6.07, 6.45) is 0.844. The molecule has 0 aromatic heterocycles. The second-order valence-corrected chi connectivity index (χ2v) is 5.33. The summed E-state index contributed by atoms with van der Waals surface area (Å²) < 4.78 is 0. The Kier molecular flexibility index (Phi) is 5.55. The van der Waals surface area contributed by atoms with E-state index >= 15 is 0 Å². The van der Waals surface area contributed by atoms with Gasteiger partial charge in [0.25, 0.3) is 5.91 Å². The van der Waals surface area contributed by atoms with Crippen LogP contribution >= 0.6 is 11.6 Å². The van der Waals surface area contributed by atoms with Crippen molar-refractivity contribution in [3.63, 3.8) is 0 Å². The Morgan fingerprint density at radius 1 is 1.27 bits per heavy atom. The molecule has 0 bridgehead atoms. The average molecular weight is 317 g/mol. The summed E-state index contributed by atoms with van der Waals surface area (Å²) in [5, 5.41) is 7.26. The topological polar surface area (TPSA) is 50.7 Å². The highest BCUT2D eigenvalue weighted by molar-refractivity contribution is 6.30. The van der Waals surface area contributed by atoms with E-state index in [9.17, 15) is 4.79 Å². The highest BCUT2D eigenvalue weighted by Crippen LogP contribution is 2.11. The number of aryl methyl sites for hydroxylation is 1. The lowest BCUT2D eigenvalue weighted by Gasteiger charge is -2.10. The Bertz CT molecular complexity index is 669. The largest absolute Gasteiger partial charge is 0.383 e. The second kappa shape index (κ2) is 7.61. The normalized spacial score (nSPS) is 12.1. The molecule has 22 heavy (non-hydrogen) atoms. The number of nitrogens with zero attached hydrogens (tertiary/aromatic N) is 1. The molecule has 1 atom stereocenters. The van der Waals surface area contributed by atoms with Gasteiger partial charge in [-0.05, 0) is 49.2 Å². The van der Waals surface area contributed by atoms with Crippen LogP contribution in [0.15, 0.2) is 53.7 Å². The molecule has 4 nitrogen and oxygen atoms in total. The number of hydrogen-bond donors (Lipinski definition) is 1. The van der Waals surface area contributed by atoms with Gasteiger partial charge in [-0.15, -0.1) is 0 Å². The fourth-order valence-electron chi connectivity index (χ4n) is 1.75. The van der Waals surface area contributed by atoms with E-state index in [0.717, 1.165) is 16.8 Å². The van der Waals surface area contributed by atoms with Crippen LogP contribution in [-0.4, -0.2) is 18.2 Å². The second-order valence-electron chi connectivity index (χ2n) is 4.89. The molecule has 0 heterocycles. The zero-order valence-corrected chi connectivity index (χ0v) is 13.2. The van der Waals surface area contributed by atoms with Gasteiger partial charge in [-0.3, -0.25) is 4.79 Å². The molecule has 2 aromatic carbocycles. The van der Waals surface area contributed by atoms with Gasteiger partial charge >= 0.3 is 0 Å². The molecule has 2 rings (SSSR count). The van der Waals surface area contributed by atoms with Crippen LogP contribution in [0.3, 0.4) is 0 Å². The number of hydrogen-bond acceptors (Lipinski definition) is 3. The number of nitrogens with one attached hydrogen (secondary N) is 1. The number of anilines is 1. The fraction of sp³-hybridized carbons (Fsp3) is 0.176. The van der Waals surface area contributed by atoms with E-state index in [4.69, 9.17) is 16.4 Å². The number of oxime groups is 1. The van der Waals surface area contributed by atoms with Gasteiger partial charge in [-0.2, -0.15) is 0 Å². The molecule has 0 saturated heterocycles. The molecule has 114 valence electrons. The number of benzene rings is 2. The Hall–Kier alpha value is -2.33. The minimum Gasteiger partial charge on any atom is -0.383 e. The van der Waals surface area contributed by atoms with Gasteiger partial charge in [0.15, 0.2) is 0 Å². The minimum atomic E-state index is -0.691. The fourth-order valence-corrected chi connectivity index (χ4v) is 1.87. The first kappa shape index (κ1) is 16.0. The molecule has 0 fully saturated rings. The molecule has 0 aliphatic rings. The van der Waals surface area contributed by atoms with Crippen molar-refractivity contribution in [3.8, 4) is 0 Å². The summed E-state index contributed by atoms with van der Waals surface area (Å²) in [5.41, 5.74) is 2.66. The summed E-state index contributed by atoms with van der Waals surface area (Å²) >= 11 is 5.80. The third kappa shape index (κ3) is 4.90. The maximum absolute atomic E-state index is 12.0. The molecule has 0 spiro atoms. The number of halogens is 1. The van der Waals surface area contributed by atoms with E-state index in [0.29, 0.717) is 5.02 Å². The minimum absolute atomic E-state index is 0.251. The van der Waals surface area contributed by atoms with E-state index in [1.807, 2.05) is 43.3 Å². The van der Waals surface area contributed by atoms with Gasteiger partial charge in [-0.1, -0.05) is 41.0 Å². The first-order valence-electron chi connectivity index (χ1n) is 6.87. The smallest absolute Gasteiger partial charge is 0.267 e. The molecule has 1 amide bonds. The predicted octanol–water partition coefficient (Wildman–Crippen LogP) is 4.03. The predicted molar refractivity (Wildman–Crippen MR) is 89.4 cm³/mol. The highest BCUT2D eigenvalue weighted by Gasteiger charge is 2.14. The lowest BCUT2D eigenvalue weighted by Crippen LogP contribution is -2.26. The summed E-state index contributed by atoms with van der Waals surface area (Å²) in [7, 11) is 0. The summed E-state index contributed by atoms with van der Waals surface area (Å²) in [4.78, 5) is 17.1. The van der Waals surface area contributed by atoms with Crippen molar-refractivity contribution in [2.45, 2.75) is 20.0 Å². The Labute approximate surface area is 134 Å². The SMILES string of the molecule is Cc1cccc(NC(=O)[C@H](C)O/N=C\c2ccc(Cl)cc2)c1. The maximum atomic E-state index is 12.0. The van der Waals surface area contributed by atoms with Crippen molar-refractivity contribution >= 4 is 29.4 Å². The van der Waals surface area contributed by atoms with Gasteiger partial charge in [0.2, 0.25) is 6.10 Å². The van der Waals surface area contributed by atoms with Crippen molar-refractivity contribution in [1.29, 1.82) is 0 Å². The molecule has 2 aromatic rings. The first-order valence-corrected chi connectivity index (χ1v) is 7.24. The molecular weight excluding hydrogens is 300 g/mol. The average Bonchev–Trinajstić information content (AvgIpc) is 2.49. The van der Waals surface area contributed by atoms with Crippen LogP contribution in [0.1, 0.15) is 18.1 Å². The van der Waals surface area contributed by atoms with Crippen LogP contribution < -0.4 is 5.32 Å². The highest BCUT2D eigenvalue weighted by atomic mass is 35.5. The maximum Gasteiger partial charge on any atom is 0.267 e. The van der Waals surface area contributed by atoms with Crippen LogP contribution in [0, 0.1) is 6.92 Å². The zero-order chi connectivity index (χ0) is 15.9. The van der Waals surface area contributed by atoms with Crippen LogP contribution in [0.4, 0.5) is 5.69 Å². The Morgan fingerprint density at radius 2 is 2.00 bits per heavy atom. The van der Waals surface area contributed by atoms with E-state index < -0.39 is 6.10 Å². The number of amides is 1. The van der Waals surface area contributed by atoms with Crippen LogP contribution in [0.25, 0.3) is 0 Å². The van der Waals surface area contributed by atoms with Gasteiger partial charge in [-0.25, -0.2) is 0 Å². The quantitative estimate of drug-likeness (QED) is 0.669. The molecule has 0 unspecified atom stereocenters. The van der Waals surface area contributed by atoms with E-state index in [-0.39, 0.29) is 5.91 Å². The molecule has 0 saturated carbocycles. The number of carbonyl (C=O) groups excluding carboxylic acids is 1. The third-order valence-corrected chi connectivity index (χ3v) is 3.20. The van der Waals surface area contributed by atoms with Crippen LogP contribution in [0.5, 0.6) is 0 Å². The van der Waals surface area contributed by atoms with Crippen molar-refractivity contribution in [3.05, 3.63) is 64.7 Å². The molecule has 0 aliphatic carbocycles. The van der Waals surface area contributed by atoms with E-state index in [1.165, 1.54) is 6.21 Å². The van der Waals surface area contributed by atoms with Gasteiger partial charge in [0.05, 0.1) is 6.21 Å². The molecule has 1 N–H and O–H groups in total. The third-order valence-electron chi connectivity index (χ3n) is 2.95. The summed E-state index contributed by atoms with van der Waals surface area (Å²) in [5.74, 6) is -0.251. The Morgan fingerprint density at radius 3 is 2.68 bits per heavy atom. The molecular formula is C17H17ClN2O2. The van der Waals surface area contributed by atoms with Crippen molar-refractivity contribution in [1.82, 2.24) is 0 Å². The van der Waals surface area contributed by atoms with Crippen molar-refractivity contribution in [2.75, 3.05) is 5.32 Å². The Balaban J connectivity index is 1.87. The van der Waals surface area contributed by atoms with Crippen molar-refractivity contribution in [2.24, 2.45) is 5.16 Å². The van der Waals surface area contributed by atoms with E-state index in [2.05, 4.69) is 10.5 Å². The number of carbonyl (C=O) groups is 1. The summed E-state index contributed by atoms with van der Waals surface area (Å²) in [6.45, 7) is 3.61. The van der Waals surface area contributed by atoms with Gasteiger partial charge < -0.3 is 10.2 Å². The van der Waals surface area contributed by atoms with Gasteiger partial charge in [0.1, 0.15) is 0 Å². The van der Waals surface area contributed by atoms with Crippen molar-refractivity contribution < 1.29 is 9.63 Å². The number of rotatable bonds is 5. The van der Waals surface area contributed by atoms with Gasteiger partial charge in [0, 0.05) is 10.7 Å². The monoisotopic (exact) mass is 316 g/mol. The molecule has 0 aliphatic heterocycles. The summed E-state index contributed by atoms with van der Waals surface area (Å²) in [6, 6.07) is 14.7.